The molecule has 2 N–H and O–H groups in total. The molecule has 0 saturated carbocycles. The molecule has 130 valence electrons. The molecule has 0 fully saturated rings. The zero-order valence-corrected chi connectivity index (χ0v) is 12.5. The Morgan fingerprint density at radius 1 is 0.708 bits per heavy atom. The lowest BCUT2D eigenvalue weighted by Gasteiger charge is -2.22. The Kier molecular flexibility index (Phi) is 5.93. The Bertz CT molecular complexity index is 512. The van der Waals surface area contributed by atoms with Crippen LogP contribution >= 0.6 is 0 Å². The van der Waals surface area contributed by atoms with Crippen molar-refractivity contribution in [2.24, 2.45) is 0 Å². The first-order valence-corrected chi connectivity index (χ1v) is 7.04. The van der Waals surface area contributed by atoms with Crippen LogP contribution in [0.5, 0.6) is 0 Å². The number of amides is 4. The maximum atomic E-state index is 11.3. The second kappa shape index (κ2) is 7.93. The number of imide groups is 2. The minimum atomic E-state index is -1.41. The smallest absolute Gasteiger partial charge is 0.255 e. The van der Waals surface area contributed by atoms with Gasteiger partial charge in [0.05, 0.1) is 26.4 Å². The number of aliphatic hydroxyl groups excluding tert-OH is 2. The van der Waals surface area contributed by atoms with Crippen LogP contribution in [-0.2, 0) is 28.7 Å². The van der Waals surface area contributed by atoms with Gasteiger partial charge in [-0.05, 0) is 0 Å². The van der Waals surface area contributed by atoms with Crippen molar-refractivity contribution >= 4 is 23.6 Å². The summed E-state index contributed by atoms with van der Waals surface area (Å²) >= 11 is 0. The lowest BCUT2D eigenvalue weighted by atomic mass is 10.4. The molecule has 0 spiro atoms. The number of hydrogen-bond acceptors (Lipinski definition) is 8. The van der Waals surface area contributed by atoms with Gasteiger partial charge in [-0.15, -0.1) is 0 Å². The Morgan fingerprint density at radius 2 is 1.00 bits per heavy atom. The molecule has 0 saturated heterocycles. The van der Waals surface area contributed by atoms with Crippen molar-refractivity contribution in [2.75, 3.05) is 26.4 Å². The topological polar surface area (TPSA) is 134 Å². The normalized spacial score (nSPS) is 19.8. The van der Waals surface area contributed by atoms with Crippen LogP contribution in [0.4, 0.5) is 0 Å². The maximum Gasteiger partial charge on any atom is 0.255 e. The predicted molar refractivity (Wildman–Crippen MR) is 75.6 cm³/mol. The predicted octanol–water partition coefficient (Wildman–Crippen LogP) is -2.49. The molecule has 2 atom stereocenters. The fraction of sp³-hybridized carbons (Fsp3) is 0.429. The number of ether oxygens (including phenoxy) is 2. The summed E-state index contributed by atoms with van der Waals surface area (Å²) in [5, 5.41) is 19.4. The summed E-state index contributed by atoms with van der Waals surface area (Å²) in [6.07, 6.45) is 1.38. The Labute approximate surface area is 136 Å². The van der Waals surface area contributed by atoms with Gasteiger partial charge in [0, 0.05) is 24.3 Å². The van der Waals surface area contributed by atoms with Crippen LogP contribution in [0, 0.1) is 0 Å². The Hall–Kier alpha value is -2.40. The summed E-state index contributed by atoms with van der Waals surface area (Å²) in [4.78, 5) is 46.5. The van der Waals surface area contributed by atoms with E-state index < -0.39 is 36.1 Å². The molecular formula is C14H16N2O8. The highest BCUT2D eigenvalue weighted by Gasteiger charge is 2.30. The van der Waals surface area contributed by atoms with Crippen LogP contribution in [0.3, 0.4) is 0 Å². The van der Waals surface area contributed by atoms with E-state index in [9.17, 15) is 29.4 Å². The fourth-order valence-electron chi connectivity index (χ4n) is 2.06. The molecule has 0 unspecified atom stereocenters. The monoisotopic (exact) mass is 340 g/mol. The highest BCUT2D eigenvalue weighted by atomic mass is 16.5. The Morgan fingerprint density at radius 3 is 1.29 bits per heavy atom. The summed E-state index contributed by atoms with van der Waals surface area (Å²) in [5.74, 6) is -2.49. The molecule has 0 aromatic carbocycles. The van der Waals surface area contributed by atoms with Gasteiger partial charge in [0.15, 0.2) is 12.5 Å². The highest BCUT2D eigenvalue weighted by molar-refractivity contribution is 6.13. The zero-order valence-electron chi connectivity index (χ0n) is 12.5. The number of nitrogens with zero attached hydrogens (tertiary/aromatic N) is 2. The van der Waals surface area contributed by atoms with Gasteiger partial charge in [-0.1, -0.05) is 0 Å². The summed E-state index contributed by atoms with van der Waals surface area (Å²) in [7, 11) is 0. The van der Waals surface area contributed by atoms with E-state index in [1.54, 1.807) is 0 Å². The fourth-order valence-corrected chi connectivity index (χ4v) is 2.06. The van der Waals surface area contributed by atoms with E-state index in [-0.39, 0.29) is 26.4 Å². The minimum Gasteiger partial charge on any atom is -0.374 e. The molecule has 0 aromatic heterocycles. The van der Waals surface area contributed by atoms with Crippen molar-refractivity contribution < 1.29 is 38.9 Å². The molecule has 2 heterocycles. The van der Waals surface area contributed by atoms with Gasteiger partial charge in [-0.2, -0.15) is 0 Å². The minimum absolute atomic E-state index is 0.00751. The first-order chi connectivity index (χ1) is 11.4. The Balaban J connectivity index is 1.59. The van der Waals surface area contributed by atoms with Crippen LogP contribution < -0.4 is 0 Å². The molecule has 10 nitrogen and oxygen atoms in total. The van der Waals surface area contributed by atoms with E-state index in [0.29, 0.717) is 9.80 Å². The van der Waals surface area contributed by atoms with E-state index in [1.165, 1.54) is 0 Å². The SMILES string of the molecule is O=C1C=CC(=O)N1[C@H](O)COCCOC[C@H](O)N1C(=O)C=CC1=O. The average molecular weight is 340 g/mol. The number of carbonyl (C=O) groups excluding carboxylic acids is 4. The van der Waals surface area contributed by atoms with Crippen molar-refractivity contribution in [3.8, 4) is 0 Å². The van der Waals surface area contributed by atoms with Gasteiger partial charge in [-0.3, -0.25) is 19.2 Å². The molecule has 10 heteroatoms. The van der Waals surface area contributed by atoms with E-state index in [1.807, 2.05) is 0 Å². The summed E-state index contributed by atoms with van der Waals surface area (Å²) in [6, 6.07) is 0. The van der Waals surface area contributed by atoms with Gasteiger partial charge in [0.1, 0.15) is 0 Å². The third-order valence-electron chi connectivity index (χ3n) is 3.19. The second-order valence-corrected chi connectivity index (χ2v) is 4.87. The molecule has 4 amide bonds. The summed E-state index contributed by atoms with van der Waals surface area (Å²) < 4.78 is 10.1. The number of carbonyl (C=O) groups is 4. The molecule has 24 heavy (non-hydrogen) atoms. The molecule has 2 aliphatic heterocycles. The quantitative estimate of drug-likeness (QED) is 0.348. The van der Waals surface area contributed by atoms with Crippen molar-refractivity contribution in [3.63, 3.8) is 0 Å². The lowest BCUT2D eigenvalue weighted by molar-refractivity contribution is -0.156. The van der Waals surface area contributed by atoms with Crippen molar-refractivity contribution in [3.05, 3.63) is 24.3 Å². The summed E-state index contributed by atoms with van der Waals surface area (Å²) in [6.45, 7) is -0.572. The lowest BCUT2D eigenvalue weighted by Crippen LogP contribution is -2.43. The van der Waals surface area contributed by atoms with E-state index >= 15 is 0 Å². The van der Waals surface area contributed by atoms with Gasteiger partial charge < -0.3 is 19.7 Å². The molecule has 0 aliphatic carbocycles. The van der Waals surface area contributed by atoms with Gasteiger partial charge in [0.2, 0.25) is 0 Å². The van der Waals surface area contributed by atoms with Crippen molar-refractivity contribution in [2.45, 2.75) is 12.5 Å². The third-order valence-corrected chi connectivity index (χ3v) is 3.19. The van der Waals surface area contributed by atoms with E-state index in [0.717, 1.165) is 24.3 Å². The zero-order chi connectivity index (χ0) is 17.7. The third kappa shape index (κ3) is 4.11. The summed E-state index contributed by atoms with van der Waals surface area (Å²) in [5.41, 5.74) is 0. The highest BCUT2D eigenvalue weighted by Crippen LogP contribution is 2.08. The van der Waals surface area contributed by atoms with Crippen LogP contribution in [0.25, 0.3) is 0 Å². The molecule has 0 aromatic rings. The van der Waals surface area contributed by atoms with Gasteiger partial charge in [0.25, 0.3) is 23.6 Å². The van der Waals surface area contributed by atoms with Crippen LogP contribution in [0.15, 0.2) is 24.3 Å². The van der Waals surface area contributed by atoms with E-state index in [2.05, 4.69) is 0 Å². The van der Waals surface area contributed by atoms with Crippen LogP contribution in [0.1, 0.15) is 0 Å². The first-order valence-electron chi connectivity index (χ1n) is 7.04. The first kappa shape index (κ1) is 17.9. The molecular weight excluding hydrogens is 324 g/mol. The van der Waals surface area contributed by atoms with Gasteiger partial charge >= 0.3 is 0 Å². The average Bonchev–Trinajstić information content (AvgIpc) is 3.04. The maximum absolute atomic E-state index is 11.3. The standard InChI is InChI=1S/C14H16N2O8/c17-9-1-2-10(18)15(9)13(21)7-23-5-6-24-8-14(22)16-11(19)3-4-12(16)20/h1-4,13-14,21-22H,5-8H2/t13-,14+. The molecule has 0 radical (unpaired) electrons. The molecule has 2 rings (SSSR count). The number of hydrogen-bond donors (Lipinski definition) is 2. The van der Waals surface area contributed by atoms with E-state index in [4.69, 9.17) is 9.47 Å². The number of rotatable bonds is 9. The largest absolute Gasteiger partial charge is 0.374 e. The van der Waals surface area contributed by atoms with Crippen LogP contribution in [-0.4, -0.2) is 82.5 Å². The molecule has 0 bridgehead atoms. The number of aliphatic hydroxyl groups is 2. The van der Waals surface area contributed by atoms with Crippen molar-refractivity contribution in [1.82, 2.24) is 9.80 Å². The van der Waals surface area contributed by atoms with Gasteiger partial charge in [-0.25, -0.2) is 9.80 Å². The second-order valence-electron chi connectivity index (χ2n) is 4.87. The van der Waals surface area contributed by atoms with Crippen LogP contribution in [0.2, 0.25) is 0 Å². The van der Waals surface area contributed by atoms with Crippen molar-refractivity contribution in [1.29, 1.82) is 0 Å². The molecule has 2 aliphatic rings.